The molecule has 1 saturated carbocycles. The highest BCUT2D eigenvalue weighted by Crippen LogP contribution is 2.35. The summed E-state index contributed by atoms with van der Waals surface area (Å²) in [5.41, 5.74) is 2.22. The van der Waals surface area contributed by atoms with Gasteiger partial charge in [0.15, 0.2) is 0 Å². The number of hydrogen-bond donors (Lipinski definition) is 1. The molecule has 0 saturated heterocycles. The molecule has 0 radical (unpaired) electrons. The van der Waals surface area contributed by atoms with E-state index in [1.165, 1.54) is 12.8 Å². The van der Waals surface area contributed by atoms with E-state index < -0.39 is 5.97 Å². The Morgan fingerprint density at radius 3 is 2.84 bits per heavy atom. The number of carbonyl (C=O) groups is 1. The summed E-state index contributed by atoms with van der Waals surface area (Å²) in [7, 11) is 0. The zero-order valence-corrected chi connectivity index (χ0v) is 17.9. The number of aryl methyl sites for hydroxylation is 1. The van der Waals surface area contributed by atoms with Gasteiger partial charge in [0.05, 0.1) is 18.1 Å². The highest BCUT2D eigenvalue weighted by Gasteiger charge is 2.22. The van der Waals surface area contributed by atoms with E-state index in [4.69, 9.17) is 26.0 Å². The number of pyridine rings is 1. The van der Waals surface area contributed by atoms with Crippen molar-refractivity contribution in [1.82, 2.24) is 15.1 Å². The number of halogens is 1. The van der Waals surface area contributed by atoms with Crippen LogP contribution in [0.15, 0.2) is 53.2 Å². The second kappa shape index (κ2) is 8.59. The Bertz CT molecular complexity index is 1300. The van der Waals surface area contributed by atoms with Gasteiger partial charge in [0.25, 0.3) is 5.89 Å². The number of carboxylic acid groups (broad SMARTS) is 1. The zero-order valence-electron chi connectivity index (χ0n) is 17.1. The van der Waals surface area contributed by atoms with E-state index >= 15 is 0 Å². The average molecular weight is 450 g/mol. The van der Waals surface area contributed by atoms with Gasteiger partial charge >= 0.3 is 5.97 Å². The van der Waals surface area contributed by atoms with Crippen molar-refractivity contribution in [1.29, 1.82) is 0 Å². The van der Waals surface area contributed by atoms with Crippen LogP contribution in [0.25, 0.3) is 33.6 Å². The van der Waals surface area contributed by atoms with Crippen molar-refractivity contribution in [2.75, 3.05) is 6.61 Å². The first kappa shape index (κ1) is 20.5. The number of nitrogens with zero attached hydrogens (tertiary/aromatic N) is 3. The first-order valence-electron chi connectivity index (χ1n) is 10.4. The quantitative estimate of drug-likeness (QED) is 0.384. The number of hydrogen-bond acceptors (Lipinski definition) is 6. The lowest BCUT2D eigenvalue weighted by Gasteiger charge is -2.07. The van der Waals surface area contributed by atoms with Crippen LogP contribution in [0.5, 0.6) is 5.75 Å². The molecule has 1 aliphatic carbocycles. The van der Waals surface area contributed by atoms with Gasteiger partial charge < -0.3 is 14.4 Å². The van der Waals surface area contributed by atoms with Gasteiger partial charge in [0.2, 0.25) is 5.82 Å². The molecule has 7 nitrogen and oxygen atoms in total. The molecular weight excluding hydrogens is 430 g/mol. The van der Waals surface area contributed by atoms with E-state index in [1.54, 1.807) is 12.3 Å². The Labute approximate surface area is 189 Å². The second-order valence-electron chi connectivity index (χ2n) is 7.87. The van der Waals surface area contributed by atoms with E-state index in [2.05, 4.69) is 15.1 Å². The molecule has 0 atom stereocenters. The molecule has 8 heteroatoms. The van der Waals surface area contributed by atoms with Gasteiger partial charge in [-0.15, -0.1) is 0 Å². The van der Waals surface area contributed by atoms with Gasteiger partial charge in [-0.3, -0.25) is 9.78 Å². The van der Waals surface area contributed by atoms with Crippen molar-refractivity contribution in [3.05, 3.63) is 59.4 Å². The largest absolute Gasteiger partial charge is 0.492 e. The molecule has 1 aliphatic rings. The molecule has 162 valence electrons. The van der Waals surface area contributed by atoms with Crippen LogP contribution in [0.3, 0.4) is 0 Å². The van der Waals surface area contributed by atoms with Crippen LogP contribution in [0.4, 0.5) is 0 Å². The molecule has 2 aromatic carbocycles. The number of benzene rings is 2. The molecule has 1 fully saturated rings. The topological polar surface area (TPSA) is 98.3 Å². The fourth-order valence-corrected chi connectivity index (χ4v) is 3.82. The molecule has 0 amide bonds. The maximum Gasteiger partial charge on any atom is 0.303 e. The van der Waals surface area contributed by atoms with E-state index in [0.717, 1.165) is 22.0 Å². The van der Waals surface area contributed by atoms with E-state index in [0.29, 0.717) is 47.0 Å². The summed E-state index contributed by atoms with van der Waals surface area (Å²) in [5.74, 6) is 1.23. The number of ether oxygens (including phenoxy) is 1. The highest BCUT2D eigenvalue weighted by atomic mass is 35.5. The highest BCUT2D eigenvalue weighted by molar-refractivity contribution is 6.32. The fraction of sp³-hybridized carbons (Fsp3) is 0.250. The summed E-state index contributed by atoms with van der Waals surface area (Å²) < 4.78 is 11.3. The van der Waals surface area contributed by atoms with Crippen molar-refractivity contribution in [3.63, 3.8) is 0 Å². The average Bonchev–Trinajstić information content (AvgIpc) is 3.50. The van der Waals surface area contributed by atoms with Crippen LogP contribution >= 0.6 is 11.6 Å². The number of carboxylic acids is 1. The number of fused-ring (bicyclic) bond motifs is 1. The normalized spacial score (nSPS) is 13.4. The molecule has 2 aromatic heterocycles. The molecule has 2 heterocycles. The van der Waals surface area contributed by atoms with Crippen molar-refractivity contribution in [2.24, 2.45) is 5.92 Å². The predicted molar refractivity (Wildman–Crippen MR) is 120 cm³/mol. The minimum absolute atomic E-state index is 0.0177. The SMILES string of the molecule is O=C(O)CCc1nccc2c(-c3noc(-c4ccc(OCC5CC5)c(Cl)c4)n3)cccc12. The van der Waals surface area contributed by atoms with Gasteiger partial charge in [-0.25, -0.2) is 0 Å². The maximum atomic E-state index is 11.0. The van der Waals surface area contributed by atoms with Crippen molar-refractivity contribution in [3.8, 4) is 28.6 Å². The second-order valence-corrected chi connectivity index (χ2v) is 8.28. The Morgan fingerprint density at radius 2 is 2.06 bits per heavy atom. The van der Waals surface area contributed by atoms with Gasteiger partial charge in [0.1, 0.15) is 5.75 Å². The molecular formula is C24H20ClN3O4. The molecule has 0 bridgehead atoms. The van der Waals surface area contributed by atoms with Gasteiger partial charge in [-0.2, -0.15) is 4.98 Å². The number of aromatic nitrogens is 3. The summed E-state index contributed by atoms with van der Waals surface area (Å²) in [6.45, 7) is 0.689. The lowest BCUT2D eigenvalue weighted by molar-refractivity contribution is -0.136. The van der Waals surface area contributed by atoms with E-state index in [-0.39, 0.29) is 6.42 Å². The minimum Gasteiger partial charge on any atom is -0.492 e. The van der Waals surface area contributed by atoms with Crippen molar-refractivity contribution >= 4 is 28.3 Å². The Hall–Kier alpha value is -3.45. The van der Waals surface area contributed by atoms with Crippen LogP contribution in [0.1, 0.15) is 25.0 Å². The third-order valence-corrected chi connectivity index (χ3v) is 5.78. The lowest BCUT2D eigenvalue weighted by atomic mass is 10.0. The standard InChI is InChI=1S/C24H20ClN3O4/c25-19-12-15(6-8-21(19)31-13-14-4-5-14)24-27-23(28-32-24)18-3-1-2-17-16(18)10-11-26-20(17)7-9-22(29)30/h1-3,6,8,10-12,14H,4-5,7,9,13H2,(H,29,30). The molecule has 0 unspecified atom stereocenters. The fourth-order valence-electron chi connectivity index (χ4n) is 3.58. The smallest absolute Gasteiger partial charge is 0.303 e. The van der Waals surface area contributed by atoms with E-state index in [9.17, 15) is 4.79 Å². The van der Waals surface area contributed by atoms with Crippen LogP contribution in [0, 0.1) is 5.92 Å². The molecule has 0 aliphatic heterocycles. The predicted octanol–water partition coefficient (Wildman–Crippen LogP) is 5.41. The Morgan fingerprint density at radius 1 is 1.19 bits per heavy atom. The van der Waals surface area contributed by atoms with Crippen LogP contribution in [-0.2, 0) is 11.2 Å². The van der Waals surface area contributed by atoms with Crippen molar-refractivity contribution < 1.29 is 19.2 Å². The molecule has 1 N–H and O–H groups in total. The summed E-state index contributed by atoms with van der Waals surface area (Å²) in [6.07, 6.45) is 4.47. The first-order chi connectivity index (χ1) is 15.6. The lowest BCUT2D eigenvalue weighted by Crippen LogP contribution is -2.00. The molecule has 5 rings (SSSR count). The number of rotatable bonds is 8. The van der Waals surface area contributed by atoms with Gasteiger partial charge in [-0.1, -0.05) is 35.0 Å². The Kier molecular flexibility index (Phi) is 5.49. The van der Waals surface area contributed by atoms with Gasteiger partial charge in [-0.05, 0) is 48.4 Å². The summed E-state index contributed by atoms with van der Waals surface area (Å²) in [5, 5.41) is 15.4. The minimum atomic E-state index is -0.856. The molecule has 4 aromatic rings. The number of aliphatic carboxylic acids is 1. The van der Waals surface area contributed by atoms with Crippen LogP contribution in [0.2, 0.25) is 5.02 Å². The maximum absolute atomic E-state index is 11.0. The summed E-state index contributed by atoms with van der Waals surface area (Å²) in [6, 6.07) is 13.0. The van der Waals surface area contributed by atoms with E-state index in [1.807, 2.05) is 36.4 Å². The third kappa shape index (κ3) is 4.29. The monoisotopic (exact) mass is 449 g/mol. The molecule has 32 heavy (non-hydrogen) atoms. The zero-order chi connectivity index (χ0) is 22.1. The summed E-state index contributed by atoms with van der Waals surface area (Å²) in [4.78, 5) is 19.9. The first-order valence-corrected chi connectivity index (χ1v) is 10.8. The molecule has 0 spiro atoms. The van der Waals surface area contributed by atoms with Crippen LogP contribution < -0.4 is 4.74 Å². The Balaban J connectivity index is 1.43. The van der Waals surface area contributed by atoms with Crippen molar-refractivity contribution in [2.45, 2.75) is 25.7 Å². The third-order valence-electron chi connectivity index (χ3n) is 5.48. The van der Waals surface area contributed by atoms with Gasteiger partial charge in [0, 0.05) is 34.8 Å². The van der Waals surface area contributed by atoms with Crippen LogP contribution in [-0.4, -0.2) is 32.8 Å². The summed E-state index contributed by atoms with van der Waals surface area (Å²) >= 11 is 6.39.